The van der Waals surface area contributed by atoms with E-state index in [0.29, 0.717) is 27.1 Å². The smallest absolute Gasteiger partial charge is 0.406 e. The van der Waals surface area contributed by atoms with Gasteiger partial charge in [-0.25, -0.2) is 14.3 Å². The van der Waals surface area contributed by atoms with Gasteiger partial charge in [-0.1, -0.05) is 23.7 Å². The van der Waals surface area contributed by atoms with Gasteiger partial charge in [0.2, 0.25) is 0 Å². The number of carbonyl (C=O) groups is 2. The maximum Gasteiger partial charge on any atom is 0.406 e. The van der Waals surface area contributed by atoms with Crippen molar-refractivity contribution in [2.24, 2.45) is 0 Å². The van der Waals surface area contributed by atoms with Crippen LogP contribution >= 0.6 is 11.6 Å². The Hall–Kier alpha value is -4.12. The quantitative estimate of drug-likeness (QED) is 0.380. The Labute approximate surface area is 198 Å². The van der Waals surface area contributed by atoms with Crippen molar-refractivity contribution in [3.05, 3.63) is 69.4 Å². The molecule has 0 aliphatic carbocycles. The third-order valence-electron chi connectivity index (χ3n) is 5.35. The van der Waals surface area contributed by atoms with Gasteiger partial charge in [-0.2, -0.15) is 0 Å². The summed E-state index contributed by atoms with van der Waals surface area (Å²) in [5.74, 6) is -0.454. The van der Waals surface area contributed by atoms with Crippen LogP contribution in [0.3, 0.4) is 0 Å². The van der Waals surface area contributed by atoms with E-state index < -0.39 is 18.0 Å². The van der Waals surface area contributed by atoms with E-state index in [0.717, 1.165) is 0 Å². The molecule has 0 aliphatic heterocycles. The molecule has 12 heteroatoms. The first-order chi connectivity index (χ1) is 16.3. The third kappa shape index (κ3) is 4.25. The molecule has 4 aromatic rings. The number of amides is 2. The van der Waals surface area contributed by atoms with Gasteiger partial charge in [0.1, 0.15) is 5.56 Å². The fourth-order valence-corrected chi connectivity index (χ4v) is 4.03. The maximum absolute atomic E-state index is 13.3. The highest BCUT2D eigenvalue weighted by Gasteiger charge is 2.23. The molecule has 4 rings (SSSR count). The van der Waals surface area contributed by atoms with E-state index in [1.807, 2.05) is 0 Å². The molecule has 3 aromatic heterocycles. The number of methoxy groups -OCH3 is 1. The first-order valence-corrected chi connectivity index (χ1v) is 10.7. The number of anilines is 1. The van der Waals surface area contributed by atoms with Crippen LogP contribution in [0.1, 0.15) is 29.0 Å². The molecule has 0 unspecified atom stereocenters. The zero-order valence-electron chi connectivity index (χ0n) is 18.4. The number of nitrogen functional groups attached to an aromatic ring is 1. The lowest BCUT2D eigenvalue weighted by Gasteiger charge is -2.21. The van der Waals surface area contributed by atoms with Crippen molar-refractivity contribution >= 4 is 45.8 Å². The molecule has 0 saturated carbocycles. The largest absolute Gasteiger partial charge is 0.453 e. The summed E-state index contributed by atoms with van der Waals surface area (Å²) in [6.07, 6.45) is 2.55. The van der Waals surface area contributed by atoms with Gasteiger partial charge in [0.25, 0.3) is 11.5 Å². The standard InChI is InChI=1S/C22H22ClN7O4/c1-12(27-20(31)17-18(24)28-30-9-4-7-25-19(17)30)15-11-13-5-3-6-14(23)16(13)21(32)29(15)10-8-26-22(33)34-2/h3-7,9,11-12H,8,10H2,1-2H3,(H2,24,28)(H,26,33)(H,27,31)/t12-/m0/s1. The van der Waals surface area contributed by atoms with Gasteiger partial charge in [0.05, 0.1) is 23.6 Å². The summed E-state index contributed by atoms with van der Waals surface area (Å²) in [4.78, 5) is 42.1. The molecule has 0 bridgehead atoms. The average Bonchev–Trinajstić information content (AvgIpc) is 3.15. The van der Waals surface area contributed by atoms with Gasteiger partial charge >= 0.3 is 6.09 Å². The normalized spacial score (nSPS) is 12.0. The number of rotatable bonds is 6. The second kappa shape index (κ2) is 9.40. The molecule has 11 nitrogen and oxygen atoms in total. The van der Waals surface area contributed by atoms with Crippen molar-refractivity contribution in [2.45, 2.75) is 19.5 Å². The van der Waals surface area contributed by atoms with Crippen LogP contribution in [0, 0.1) is 0 Å². The van der Waals surface area contributed by atoms with Crippen molar-refractivity contribution < 1.29 is 14.3 Å². The fourth-order valence-electron chi connectivity index (χ4n) is 3.77. The van der Waals surface area contributed by atoms with E-state index in [2.05, 4.69) is 25.5 Å². The first kappa shape index (κ1) is 23.1. The third-order valence-corrected chi connectivity index (χ3v) is 5.67. The summed E-state index contributed by atoms with van der Waals surface area (Å²) in [5.41, 5.74) is 6.59. The molecule has 4 N–H and O–H groups in total. The zero-order valence-corrected chi connectivity index (χ0v) is 19.2. The van der Waals surface area contributed by atoms with E-state index in [1.54, 1.807) is 43.5 Å². The molecule has 176 valence electrons. The number of hydrogen-bond donors (Lipinski definition) is 3. The topological polar surface area (TPSA) is 146 Å². The molecule has 3 heterocycles. The van der Waals surface area contributed by atoms with Crippen LogP contribution in [0.15, 0.2) is 47.5 Å². The van der Waals surface area contributed by atoms with E-state index in [9.17, 15) is 14.4 Å². The molecule has 0 fully saturated rings. The maximum atomic E-state index is 13.3. The Morgan fingerprint density at radius 2 is 2.09 bits per heavy atom. The minimum Gasteiger partial charge on any atom is -0.453 e. The lowest BCUT2D eigenvalue weighted by Crippen LogP contribution is -2.36. The van der Waals surface area contributed by atoms with Crippen molar-refractivity contribution in [1.82, 2.24) is 29.8 Å². The molecule has 0 radical (unpaired) electrons. The van der Waals surface area contributed by atoms with E-state index in [-0.39, 0.29) is 30.0 Å². The monoisotopic (exact) mass is 483 g/mol. The molecular formula is C22H22ClN7O4. The van der Waals surface area contributed by atoms with Crippen LogP contribution in [0.4, 0.5) is 10.6 Å². The van der Waals surface area contributed by atoms with Crippen LogP contribution in [0.25, 0.3) is 16.4 Å². The number of nitrogens with two attached hydrogens (primary N) is 1. The fraction of sp³-hybridized carbons (Fsp3) is 0.227. The highest BCUT2D eigenvalue weighted by atomic mass is 35.5. The second-order valence-corrected chi connectivity index (χ2v) is 7.90. The number of hydrogen-bond acceptors (Lipinski definition) is 7. The number of benzene rings is 1. The average molecular weight is 484 g/mol. The summed E-state index contributed by atoms with van der Waals surface area (Å²) >= 11 is 6.30. The predicted octanol–water partition coefficient (Wildman–Crippen LogP) is 2.13. The van der Waals surface area contributed by atoms with Crippen molar-refractivity contribution in [2.75, 3.05) is 19.4 Å². The van der Waals surface area contributed by atoms with E-state index >= 15 is 0 Å². The predicted molar refractivity (Wildman–Crippen MR) is 127 cm³/mol. The van der Waals surface area contributed by atoms with Crippen molar-refractivity contribution in [3.8, 4) is 0 Å². The van der Waals surface area contributed by atoms with Gasteiger partial charge in [-0.15, -0.1) is 5.10 Å². The number of alkyl carbamates (subject to hydrolysis) is 1. The highest BCUT2D eigenvalue weighted by Crippen LogP contribution is 2.24. The zero-order chi connectivity index (χ0) is 24.4. The number of ether oxygens (including phenoxy) is 1. The van der Waals surface area contributed by atoms with E-state index in [4.69, 9.17) is 17.3 Å². The first-order valence-electron chi connectivity index (χ1n) is 10.3. The summed E-state index contributed by atoms with van der Waals surface area (Å²) in [7, 11) is 1.25. The van der Waals surface area contributed by atoms with Crippen LogP contribution in [0.2, 0.25) is 5.02 Å². The van der Waals surface area contributed by atoms with Gasteiger partial charge in [-0.05, 0) is 30.5 Å². The number of nitrogens with one attached hydrogen (secondary N) is 2. The van der Waals surface area contributed by atoms with Crippen LogP contribution < -0.4 is 21.9 Å². The minimum absolute atomic E-state index is 0.0355. The van der Waals surface area contributed by atoms with E-state index in [1.165, 1.54) is 22.4 Å². The van der Waals surface area contributed by atoms with Crippen LogP contribution in [-0.2, 0) is 11.3 Å². The van der Waals surface area contributed by atoms with Crippen LogP contribution in [-0.4, -0.2) is 44.8 Å². The molecule has 0 spiro atoms. The van der Waals surface area contributed by atoms with Gasteiger partial charge in [-0.3, -0.25) is 9.59 Å². The second-order valence-electron chi connectivity index (χ2n) is 7.49. The number of carbonyl (C=O) groups excluding carboxylic acids is 2. The van der Waals surface area contributed by atoms with Crippen molar-refractivity contribution in [3.63, 3.8) is 0 Å². The Morgan fingerprint density at radius 3 is 2.85 bits per heavy atom. The molecule has 0 aliphatic rings. The van der Waals surface area contributed by atoms with Gasteiger partial charge < -0.3 is 25.7 Å². The lowest BCUT2D eigenvalue weighted by atomic mass is 10.1. The van der Waals surface area contributed by atoms with Crippen LogP contribution in [0.5, 0.6) is 0 Å². The Kier molecular flexibility index (Phi) is 6.37. The summed E-state index contributed by atoms with van der Waals surface area (Å²) in [6.45, 7) is 1.99. The Balaban J connectivity index is 1.72. The summed E-state index contributed by atoms with van der Waals surface area (Å²) in [5, 5.41) is 10.8. The molecule has 1 atom stereocenters. The number of halogens is 1. The Bertz CT molecular complexity index is 1460. The molecule has 34 heavy (non-hydrogen) atoms. The number of fused-ring (bicyclic) bond motifs is 2. The van der Waals surface area contributed by atoms with Gasteiger partial charge in [0.15, 0.2) is 11.5 Å². The highest BCUT2D eigenvalue weighted by molar-refractivity contribution is 6.35. The minimum atomic E-state index is -0.620. The summed E-state index contributed by atoms with van der Waals surface area (Å²) < 4.78 is 7.47. The van der Waals surface area contributed by atoms with Crippen molar-refractivity contribution in [1.29, 1.82) is 0 Å². The molecular weight excluding hydrogens is 462 g/mol. The number of aromatic nitrogens is 4. The molecule has 2 amide bonds. The summed E-state index contributed by atoms with van der Waals surface area (Å²) in [6, 6.07) is 7.99. The number of pyridine rings is 1. The molecule has 0 saturated heterocycles. The SMILES string of the molecule is COC(=O)NCCn1c([C@H](C)NC(=O)c2c(N)nn3cccnc23)cc2cccc(Cl)c2c1=O. The lowest BCUT2D eigenvalue weighted by molar-refractivity contribution is 0.0940. The Morgan fingerprint density at radius 1 is 1.29 bits per heavy atom. The molecule has 1 aromatic carbocycles. The van der Waals surface area contributed by atoms with Gasteiger partial charge in [0, 0.05) is 31.2 Å². The number of nitrogens with zero attached hydrogens (tertiary/aromatic N) is 4.